The van der Waals surface area contributed by atoms with Gasteiger partial charge < -0.3 is 13.9 Å². The first-order chi connectivity index (χ1) is 11.5. The zero-order chi connectivity index (χ0) is 17.3. The number of hydrogen-bond donors (Lipinski definition) is 0. The van der Waals surface area contributed by atoms with Crippen LogP contribution in [0.3, 0.4) is 0 Å². The number of furan rings is 1. The third kappa shape index (κ3) is 2.96. The minimum atomic E-state index is -0.626. The van der Waals surface area contributed by atoms with Gasteiger partial charge in [0.05, 0.1) is 17.7 Å². The molecule has 122 valence electrons. The first-order valence-corrected chi connectivity index (χ1v) is 7.33. The monoisotopic (exact) mass is 345 g/mol. The van der Waals surface area contributed by atoms with Crippen molar-refractivity contribution in [3.8, 4) is 0 Å². The van der Waals surface area contributed by atoms with E-state index in [2.05, 4.69) is 9.73 Å². The van der Waals surface area contributed by atoms with Crippen LogP contribution in [0.15, 0.2) is 45.4 Å². The van der Waals surface area contributed by atoms with Crippen molar-refractivity contribution in [2.24, 2.45) is 4.99 Å². The van der Waals surface area contributed by atoms with Crippen molar-refractivity contribution >= 4 is 35.5 Å². The summed E-state index contributed by atoms with van der Waals surface area (Å²) in [5.74, 6) is -0.346. The number of esters is 2. The number of aliphatic imine (C=N–C) groups is 1. The highest BCUT2D eigenvalue weighted by Crippen LogP contribution is 2.25. The number of carbonyl (C=O) groups is 2. The predicted molar refractivity (Wildman–Crippen MR) is 86.8 cm³/mol. The third-order valence-electron chi connectivity index (χ3n) is 3.35. The number of halogens is 1. The lowest BCUT2D eigenvalue weighted by Gasteiger charge is -2.00. The van der Waals surface area contributed by atoms with Crippen LogP contribution in [-0.2, 0) is 14.3 Å². The summed E-state index contributed by atoms with van der Waals surface area (Å²) < 4.78 is 15.2. The summed E-state index contributed by atoms with van der Waals surface area (Å²) in [5, 5.41) is 0.423. The van der Waals surface area contributed by atoms with E-state index in [1.807, 2.05) is 0 Å². The molecule has 2 aromatic rings. The maximum absolute atomic E-state index is 12.0. The summed E-state index contributed by atoms with van der Waals surface area (Å²) in [6.45, 7) is 1.62. The molecule has 24 heavy (non-hydrogen) atoms. The van der Waals surface area contributed by atoms with Crippen LogP contribution in [0.25, 0.3) is 6.08 Å². The molecular weight excluding hydrogens is 334 g/mol. The van der Waals surface area contributed by atoms with Crippen LogP contribution in [0.2, 0.25) is 5.02 Å². The van der Waals surface area contributed by atoms with E-state index in [-0.39, 0.29) is 17.2 Å². The van der Waals surface area contributed by atoms with Gasteiger partial charge in [-0.15, -0.1) is 0 Å². The van der Waals surface area contributed by atoms with Gasteiger partial charge in [-0.2, -0.15) is 0 Å². The number of methoxy groups -OCH3 is 1. The first kappa shape index (κ1) is 16.0. The van der Waals surface area contributed by atoms with Crippen LogP contribution >= 0.6 is 11.6 Å². The number of ether oxygens (including phenoxy) is 2. The molecule has 0 N–H and O–H groups in total. The van der Waals surface area contributed by atoms with Crippen LogP contribution in [-0.4, -0.2) is 24.9 Å². The maximum Gasteiger partial charge on any atom is 0.363 e. The van der Waals surface area contributed by atoms with Crippen LogP contribution in [0.5, 0.6) is 0 Å². The molecule has 0 aliphatic carbocycles. The lowest BCUT2D eigenvalue weighted by molar-refractivity contribution is -0.129. The molecule has 2 heterocycles. The summed E-state index contributed by atoms with van der Waals surface area (Å²) >= 11 is 6.07. The highest BCUT2D eigenvalue weighted by atomic mass is 35.5. The standard InChI is InChI=1S/C17H12ClNO5/c1-9-12(16(20)22-2)7-10(23-9)8-14-17(21)24-15(19-14)11-5-3-4-6-13(11)18/h3-8H,1-2H3/b14-8+. The van der Waals surface area contributed by atoms with Gasteiger partial charge in [-0.1, -0.05) is 23.7 Å². The van der Waals surface area contributed by atoms with E-state index < -0.39 is 11.9 Å². The summed E-state index contributed by atoms with van der Waals surface area (Å²) in [5.41, 5.74) is 0.850. The number of aryl methyl sites for hydroxylation is 1. The van der Waals surface area contributed by atoms with Crippen molar-refractivity contribution in [3.63, 3.8) is 0 Å². The van der Waals surface area contributed by atoms with Crippen molar-refractivity contribution in [2.45, 2.75) is 6.92 Å². The molecule has 0 radical (unpaired) electrons. The Labute approximate surface area is 142 Å². The van der Waals surface area contributed by atoms with Gasteiger partial charge in [0, 0.05) is 6.08 Å². The van der Waals surface area contributed by atoms with E-state index in [4.69, 9.17) is 20.8 Å². The van der Waals surface area contributed by atoms with Gasteiger partial charge in [-0.3, -0.25) is 0 Å². The summed E-state index contributed by atoms with van der Waals surface area (Å²) in [6.07, 6.45) is 1.39. The first-order valence-electron chi connectivity index (χ1n) is 6.96. The molecule has 3 rings (SSSR count). The molecule has 0 bridgehead atoms. The zero-order valence-corrected chi connectivity index (χ0v) is 13.6. The number of rotatable bonds is 3. The molecule has 1 aromatic carbocycles. The topological polar surface area (TPSA) is 78.1 Å². The molecule has 0 fully saturated rings. The fourth-order valence-corrected chi connectivity index (χ4v) is 2.40. The SMILES string of the molecule is COC(=O)c1cc(/C=C2/N=C(c3ccccc3Cl)OC2=O)oc1C. The Morgan fingerprint density at radius 1 is 1.33 bits per heavy atom. The Bertz CT molecular complexity index is 894. The molecule has 6 nitrogen and oxygen atoms in total. The van der Waals surface area contributed by atoms with Gasteiger partial charge in [0.2, 0.25) is 5.90 Å². The lowest BCUT2D eigenvalue weighted by atomic mass is 10.2. The lowest BCUT2D eigenvalue weighted by Crippen LogP contribution is -2.05. The Balaban J connectivity index is 1.95. The molecule has 1 aromatic heterocycles. The van der Waals surface area contributed by atoms with Gasteiger partial charge in [-0.05, 0) is 25.1 Å². The summed E-state index contributed by atoms with van der Waals surface area (Å²) in [6, 6.07) is 8.37. The van der Waals surface area contributed by atoms with Crippen LogP contribution in [0.4, 0.5) is 0 Å². The number of cyclic esters (lactones) is 1. The molecule has 7 heteroatoms. The average Bonchev–Trinajstić information content (AvgIpc) is 3.10. The molecule has 0 saturated carbocycles. The van der Waals surface area contributed by atoms with Crippen molar-refractivity contribution < 1.29 is 23.5 Å². The van der Waals surface area contributed by atoms with E-state index >= 15 is 0 Å². The molecule has 0 saturated heterocycles. The second kappa shape index (κ2) is 6.33. The highest BCUT2D eigenvalue weighted by Gasteiger charge is 2.26. The van der Waals surface area contributed by atoms with Crippen molar-refractivity contribution in [3.05, 3.63) is 63.7 Å². The second-order valence-electron chi connectivity index (χ2n) is 4.93. The van der Waals surface area contributed by atoms with Crippen molar-refractivity contribution in [2.75, 3.05) is 7.11 Å². The number of hydrogen-bond acceptors (Lipinski definition) is 6. The fourth-order valence-electron chi connectivity index (χ4n) is 2.18. The smallest absolute Gasteiger partial charge is 0.363 e. The Kier molecular flexibility index (Phi) is 4.22. The minimum absolute atomic E-state index is 0.0510. The van der Waals surface area contributed by atoms with Gasteiger partial charge in [-0.25, -0.2) is 14.6 Å². The average molecular weight is 346 g/mol. The predicted octanol–water partition coefficient (Wildman–Crippen LogP) is 3.37. The Morgan fingerprint density at radius 2 is 2.08 bits per heavy atom. The molecule has 0 unspecified atom stereocenters. The van der Waals surface area contributed by atoms with Crippen molar-refractivity contribution in [1.82, 2.24) is 0 Å². The van der Waals surface area contributed by atoms with E-state index in [0.717, 1.165) is 0 Å². The van der Waals surface area contributed by atoms with Crippen molar-refractivity contribution in [1.29, 1.82) is 0 Å². The highest BCUT2D eigenvalue weighted by molar-refractivity contribution is 6.34. The Morgan fingerprint density at radius 3 is 2.79 bits per heavy atom. The molecule has 0 atom stereocenters. The minimum Gasteiger partial charge on any atom is -0.465 e. The third-order valence-corrected chi connectivity index (χ3v) is 3.68. The largest absolute Gasteiger partial charge is 0.465 e. The van der Waals surface area contributed by atoms with E-state index in [1.165, 1.54) is 19.3 Å². The number of nitrogens with zero attached hydrogens (tertiary/aromatic N) is 1. The van der Waals surface area contributed by atoms with Gasteiger partial charge in [0.25, 0.3) is 0 Å². The van der Waals surface area contributed by atoms with Gasteiger partial charge in [0.15, 0.2) is 5.70 Å². The van der Waals surface area contributed by atoms with Crippen LogP contribution in [0, 0.1) is 6.92 Å². The second-order valence-corrected chi connectivity index (χ2v) is 5.33. The molecule has 0 amide bonds. The van der Waals surface area contributed by atoms with E-state index in [0.29, 0.717) is 22.1 Å². The molecule has 0 spiro atoms. The maximum atomic E-state index is 12.0. The number of carbonyl (C=O) groups excluding carboxylic acids is 2. The zero-order valence-electron chi connectivity index (χ0n) is 12.8. The summed E-state index contributed by atoms with van der Waals surface area (Å²) in [7, 11) is 1.28. The quantitative estimate of drug-likeness (QED) is 0.629. The van der Waals surface area contributed by atoms with E-state index in [1.54, 1.807) is 31.2 Å². The van der Waals surface area contributed by atoms with Crippen LogP contribution < -0.4 is 0 Å². The van der Waals surface area contributed by atoms with Crippen LogP contribution in [0.1, 0.15) is 27.4 Å². The van der Waals surface area contributed by atoms with Gasteiger partial charge in [0.1, 0.15) is 17.1 Å². The summed E-state index contributed by atoms with van der Waals surface area (Å²) in [4.78, 5) is 27.7. The fraction of sp³-hybridized carbons (Fsp3) is 0.118. The normalized spacial score (nSPS) is 15.4. The van der Waals surface area contributed by atoms with Gasteiger partial charge >= 0.3 is 11.9 Å². The molecule has 1 aliphatic rings. The number of benzene rings is 1. The molecular formula is C17H12ClNO5. The van der Waals surface area contributed by atoms with E-state index in [9.17, 15) is 9.59 Å². The Hall–Kier alpha value is -2.86. The molecule has 1 aliphatic heterocycles.